The second kappa shape index (κ2) is 5.67. The van der Waals surface area contributed by atoms with E-state index < -0.39 is 0 Å². The van der Waals surface area contributed by atoms with Gasteiger partial charge in [-0.3, -0.25) is 0 Å². The molecular weight excluding hydrogens is 220 g/mol. The van der Waals surface area contributed by atoms with Gasteiger partial charge in [0.25, 0.3) is 0 Å². The summed E-state index contributed by atoms with van der Waals surface area (Å²) >= 11 is 5.87. The normalized spacial score (nSPS) is 22.2. The van der Waals surface area contributed by atoms with Crippen LogP contribution < -0.4 is 10.6 Å². The zero-order valence-corrected chi connectivity index (χ0v) is 10.4. The molecule has 16 heavy (non-hydrogen) atoms. The van der Waals surface area contributed by atoms with Gasteiger partial charge in [0.1, 0.15) is 0 Å². The van der Waals surface area contributed by atoms with E-state index >= 15 is 0 Å². The van der Waals surface area contributed by atoms with Gasteiger partial charge < -0.3 is 10.6 Å². The Bertz CT molecular complexity index is 317. The van der Waals surface area contributed by atoms with Gasteiger partial charge in [-0.15, -0.1) is 0 Å². The number of hydrogen-bond donors (Lipinski definition) is 2. The molecular formula is C13H19ClN2. The van der Waals surface area contributed by atoms with Crippen molar-refractivity contribution in [1.29, 1.82) is 0 Å². The number of hydrogen-bond acceptors (Lipinski definition) is 2. The van der Waals surface area contributed by atoms with Gasteiger partial charge in [-0.05, 0) is 44.0 Å². The predicted molar refractivity (Wildman–Crippen MR) is 68.9 cm³/mol. The highest BCUT2D eigenvalue weighted by Gasteiger charge is 2.14. The van der Waals surface area contributed by atoms with Crippen molar-refractivity contribution >= 4 is 11.6 Å². The molecule has 1 aliphatic heterocycles. The number of rotatable bonds is 4. The maximum atomic E-state index is 5.87. The molecule has 2 nitrogen and oxygen atoms in total. The molecule has 1 fully saturated rings. The molecule has 1 aromatic carbocycles. The molecule has 2 rings (SSSR count). The molecule has 0 aliphatic carbocycles. The van der Waals surface area contributed by atoms with E-state index in [-0.39, 0.29) is 0 Å². The summed E-state index contributed by atoms with van der Waals surface area (Å²) in [5.74, 6) is 0. The van der Waals surface area contributed by atoms with E-state index in [0.717, 1.165) is 11.6 Å². The fourth-order valence-electron chi connectivity index (χ4n) is 2.12. The minimum absolute atomic E-state index is 0.389. The van der Waals surface area contributed by atoms with Crippen LogP contribution in [-0.4, -0.2) is 19.1 Å². The fourth-order valence-corrected chi connectivity index (χ4v) is 2.25. The first-order valence-electron chi connectivity index (χ1n) is 5.98. The molecule has 0 spiro atoms. The third-order valence-electron chi connectivity index (χ3n) is 3.20. The maximum absolute atomic E-state index is 5.87. The first-order chi connectivity index (χ1) is 7.75. The Kier molecular flexibility index (Phi) is 4.22. The highest BCUT2D eigenvalue weighted by atomic mass is 35.5. The first-order valence-corrected chi connectivity index (χ1v) is 6.36. The van der Waals surface area contributed by atoms with Crippen molar-refractivity contribution < 1.29 is 0 Å². The molecule has 0 amide bonds. The second-order valence-electron chi connectivity index (χ2n) is 4.47. The molecule has 1 aromatic rings. The van der Waals surface area contributed by atoms with E-state index in [1.807, 2.05) is 12.1 Å². The summed E-state index contributed by atoms with van der Waals surface area (Å²) in [7, 11) is 0. The van der Waals surface area contributed by atoms with Crippen LogP contribution in [0.2, 0.25) is 5.02 Å². The Morgan fingerprint density at radius 1 is 1.44 bits per heavy atom. The van der Waals surface area contributed by atoms with Crippen LogP contribution in [-0.2, 0) is 0 Å². The average molecular weight is 239 g/mol. The molecule has 0 radical (unpaired) electrons. The molecule has 1 saturated heterocycles. The highest BCUT2D eigenvalue weighted by molar-refractivity contribution is 6.30. The summed E-state index contributed by atoms with van der Waals surface area (Å²) in [6.45, 7) is 4.41. The van der Waals surface area contributed by atoms with Crippen molar-refractivity contribution in [3.05, 3.63) is 34.9 Å². The van der Waals surface area contributed by atoms with E-state index in [9.17, 15) is 0 Å². The Balaban J connectivity index is 1.82. The number of nitrogens with one attached hydrogen (secondary N) is 2. The van der Waals surface area contributed by atoms with Crippen molar-refractivity contribution in [3.63, 3.8) is 0 Å². The van der Waals surface area contributed by atoms with Gasteiger partial charge in [-0.1, -0.05) is 23.7 Å². The molecule has 2 N–H and O–H groups in total. The lowest BCUT2D eigenvalue weighted by atomic mass is 10.1. The number of benzene rings is 1. The third kappa shape index (κ3) is 3.21. The maximum Gasteiger partial charge on any atom is 0.0406 e. The van der Waals surface area contributed by atoms with Crippen LogP contribution in [0.1, 0.15) is 31.4 Å². The second-order valence-corrected chi connectivity index (χ2v) is 4.91. The Morgan fingerprint density at radius 3 is 2.81 bits per heavy atom. The average Bonchev–Trinajstić information content (AvgIpc) is 2.80. The standard InChI is InChI=1S/C13H19ClN2/c1-10(11-4-6-12(14)7-5-11)16-9-13-3-2-8-15-13/h4-7,10,13,15-16H,2-3,8-9H2,1H3. The van der Waals surface area contributed by atoms with Crippen LogP contribution in [0.3, 0.4) is 0 Å². The van der Waals surface area contributed by atoms with E-state index in [1.54, 1.807) is 0 Å². The molecule has 88 valence electrons. The zero-order chi connectivity index (χ0) is 11.4. The van der Waals surface area contributed by atoms with Crippen LogP contribution in [0.5, 0.6) is 0 Å². The lowest BCUT2D eigenvalue weighted by molar-refractivity contribution is 0.490. The van der Waals surface area contributed by atoms with Gasteiger partial charge in [0.15, 0.2) is 0 Å². The van der Waals surface area contributed by atoms with E-state index in [2.05, 4.69) is 29.7 Å². The molecule has 3 heteroatoms. The molecule has 1 heterocycles. The van der Waals surface area contributed by atoms with Gasteiger partial charge in [-0.2, -0.15) is 0 Å². The third-order valence-corrected chi connectivity index (χ3v) is 3.45. The van der Waals surface area contributed by atoms with Crippen molar-refractivity contribution in [2.24, 2.45) is 0 Å². The molecule has 2 atom stereocenters. The van der Waals surface area contributed by atoms with Crippen LogP contribution in [0.4, 0.5) is 0 Å². The van der Waals surface area contributed by atoms with Gasteiger partial charge in [-0.25, -0.2) is 0 Å². The lowest BCUT2D eigenvalue weighted by Crippen LogP contribution is -2.35. The smallest absolute Gasteiger partial charge is 0.0406 e. The van der Waals surface area contributed by atoms with Gasteiger partial charge in [0.05, 0.1) is 0 Å². The van der Waals surface area contributed by atoms with E-state index in [1.165, 1.54) is 24.9 Å². The quantitative estimate of drug-likeness (QED) is 0.843. The molecule has 2 unspecified atom stereocenters. The van der Waals surface area contributed by atoms with Crippen LogP contribution in [0.25, 0.3) is 0 Å². The summed E-state index contributed by atoms with van der Waals surface area (Å²) in [4.78, 5) is 0. The first kappa shape index (κ1) is 11.9. The number of halogens is 1. The van der Waals surface area contributed by atoms with Crippen molar-refractivity contribution in [3.8, 4) is 0 Å². The molecule has 0 aromatic heterocycles. The van der Waals surface area contributed by atoms with Crippen molar-refractivity contribution in [2.45, 2.75) is 31.8 Å². The SMILES string of the molecule is CC(NCC1CCCN1)c1ccc(Cl)cc1. The van der Waals surface area contributed by atoms with E-state index in [0.29, 0.717) is 12.1 Å². The summed E-state index contributed by atoms with van der Waals surface area (Å²) in [5.41, 5.74) is 1.29. The Labute approximate surface area is 102 Å². The lowest BCUT2D eigenvalue weighted by Gasteiger charge is -2.17. The summed E-state index contributed by atoms with van der Waals surface area (Å²) < 4.78 is 0. The topological polar surface area (TPSA) is 24.1 Å². The Morgan fingerprint density at radius 2 is 2.19 bits per heavy atom. The molecule has 0 bridgehead atoms. The van der Waals surface area contributed by atoms with Gasteiger partial charge in [0.2, 0.25) is 0 Å². The summed E-state index contributed by atoms with van der Waals surface area (Å²) in [5, 5.41) is 7.84. The minimum Gasteiger partial charge on any atom is -0.313 e. The molecule has 0 saturated carbocycles. The van der Waals surface area contributed by atoms with Crippen LogP contribution in [0, 0.1) is 0 Å². The summed E-state index contributed by atoms with van der Waals surface area (Å²) in [6, 6.07) is 9.10. The summed E-state index contributed by atoms with van der Waals surface area (Å²) in [6.07, 6.45) is 2.60. The molecule has 1 aliphatic rings. The van der Waals surface area contributed by atoms with Gasteiger partial charge >= 0.3 is 0 Å². The van der Waals surface area contributed by atoms with Crippen LogP contribution in [0.15, 0.2) is 24.3 Å². The minimum atomic E-state index is 0.389. The van der Waals surface area contributed by atoms with Crippen molar-refractivity contribution in [2.75, 3.05) is 13.1 Å². The van der Waals surface area contributed by atoms with Gasteiger partial charge in [0, 0.05) is 23.7 Å². The zero-order valence-electron chi connectivity index (χ0n) is 9.67. The fraction of sp³-hybridized carbons (Fsp3) is 0.538. The largest absolute Gasteiger partial charge is 0.313 e. The van der Waals surface area contributed by atoms with Crippen LogP contribution >= 0.6 is 11.6 Å². The predicted octanol–water partition coefficient (Wildman–Crippen LogP) is 2.74. The van der Waals surface area contributed by atoms with Crippen molar-refractivity contribution in [1.82, 2.24) is 10.6 Å². The highest BCUT2D eigenvalue weighted by Crippen LogP contribution is 2.16. The Hall–Kier alpha value is -0.570. The monoisotopic (exact) mass is 238 g/mol. The van der Waals surface area contributed by atoms with E-state index in [4.69, 9.17) is 11.6 Å².